The smallest absolute Gasteiger partial charge is 0.255 e. The summed E-state index contributed by atoms with van der Waals surface area (Å²) in [6.07, 6.45) is 2.26. The van der Waals surface area contributed by atoms with E-state index < -0.39 is 0 Å². The lowest BCUT2D eigenvalue weighted by molar-refractivity contribution is -0.125. The minimum Gasteiger partial charge on any atom is -0.398 e. The Balaban J connectivity index is 1.75. The first-order valence-corrected chi connectivity index (χ1v) is 7.50. The molecule has 0 aromatic heterocycles. The summed E-state index contributed by atoms with van der Waals surface area (Å²) >= 11 is 0. The van der Waals surface area contributed by atoms with Gasteiger partial charge in [0.2, 0.25) is 5.91 Å². The summed E-state index contributed by atoms with van der Waals surface area (Å²) in [5.74, 6) is 0.511. The third kappa shape index (κ3) is 2.60. The van der Waals surface area contributed by atoms with Gasteiger partial charge in [0.05, 0.1) is 5.56 Å². The lowest BCUT2D eigenvalue weighted by Gasteiger charge is -2.41. The molecule has 0 saturated carbocycles. The van der Waals surface area contributed by atoms with Gasteiger partial charge in [0.15, 0.2) is 0 Å². The third-order valence-electron chi connectivity index (χ3n) is 4.66. The third-order valence-corrected chi connectivity index (χ3v) is 4.66. The Morgan fingerprint density at radius 2 is 2.19 bits per heavy atom. The number of rotatable bonds is 1. The normalized spacial score (nSPS) is 25.2. The van der Waals surface area contributed by atoms with Gasteiger partial charge >= 0.3 is 0 Å². The molecule has 2 amide bonds. The summed E-state index contributed by atoms with van der Waals surface area (Å²) in [7, 11) is 0. The molecule has 1 aromatic rings. The molecule has 2 heterocycles. The molecule has 1 aromatic carbocycles. The molecule has 2 aliphatic heterocycles. The van der Waals surface area contributed by atoms with Crippen LogP contribution in [0.5, 0.6) is 0 Å². The zero-order chi connectivity index (χ0) is 15.0. The number of anilines is 1. The number of aryl methyl sites for hydroxylation is 1. The maximum atomic E-state index is 12.7. The minimum absolute atomic E-state index is 0.00606. The summed E-state index contributed by atoms with van der Waals surface area (Å²) in [5.41, 5.74) is 8.13. The summed E-state index contributed by atoms with van der Waals surface area (Å²) < 4.78 is 0. The molecular formula is C16H21N3O2. The van der Waals surface area contributed by atoms with Crippen LogP contribution in [-0.2, 0) is 4.79 Å². The van der Waals surface area contributed by atoms with Crippen molar-refractivity contribution >= 4 is 17.5 Å². The van der Waals surface area contributed by atoms with E-state index in [4.69, 9.17) is 5.73 Å². The van der Waals surface area contributed by atoms with Gasteiger partial charge in [0, 0.05) is 31.2 Å². The number of nitrogens with one attached hydrogen (secondary N) is 1. The van der Waals surface area contributed by atoms with Gasteiger partial charge in [-0.25, -0.2) is 0 Å². The quantitative estimate of drug-likeness (QED) is 0.765. The van der Waals surface area contributed by atoms with Gasteiger partial charge in [0.25, 0.3) is 5.91 Å². The first-order valence-electron chi connectivity index (χ1n) is 7.50. The van der Waals surface area contributed by atoms with Crippen LogP contribution in [0.15, 0.2) is 18.2 Å². The molecule has 2 fully saturated rings. The first-order chi connectivity index (χ1) is 10.1. The van der Waals surface area contributed by atoms with Gasteiger partial charge < -0.3 is 16.0 Å². The van der Waals surface area contributed by atoms with Crippen LogP contribution in [0.4, 0.5) is 5.69 Å². The monoisotopic (exact) mass is 287 g/mol. The average molecular weight is 287 g/mol. The highest BCUT2D eigenvalue weighted by Crippen LogP contribution is 2.27. The van der Waals surface area contributed by atoms with Crippen LogP contribution < -0.4 is 11.1 Å². The summed E-state index contributed by atoms with van der Waals surface area (Å²) in [6.45, 7) is 3.29. The molecule has 0 bridgehead atoms. The highest BCUT2D eigenvalue weighted by Gasteiger charge is 2.35. The van der Waals surface area contributed by atoms with Crippen LogP contribution in [0.25, 0.3) is 0 Å². The van der Waals surface area contributed by atoms with E-state index in [1.54, 1.807) is 6.07 Å². The molecule has 0 aliphatic carbocycles. The number of fused-ring (bicyclic) bond motifs is 1. The predicted molar refractivity (Wildman–Crippen MR) is 80.8 cm³/mol. The van der Waals surface area contributed by atoms with Crippen LogP contribution in [0, 0.1) is 12.8 Å². The van der Waals surface area contributed by atoms with E-state index in [0.717, 1.165) is 18.4 Å². The highest BCUT2D eigenvalue weighted by atomic mass is 16.2. The fraction of sp³-hybridized carbons (Fsp3) is 0.500. The molecule has 3 rings (SSSR count). The molecule has 2 atom stereocenters. The minimum atomic E-state index is 0.00606. The molecule has 5 nitrogen and oxygen atoms in total. The van der Waals surface area contributed by atoms with E-state index >= 15 is 0 Å². The molecule has 21 heavy (non-hydrogen) atoms. The van der Waals surface area contributed by atoms with E-state index in [-0.39, 0.29) is 17.9 Å². The second kappa shape index (κ2) is 5.39. The van der Waals surface area contributed by atoms with Crippen molar-refractivity contribution < 1.29 is 9.59 Å². The van der Waals surface area contributed by atoms with Gasteiger partial charge in [-0.15, -0.1) is 0 Å². The van der Waals surface area contributed by atoms with Crippen LogP contribution in [-0.4, -0.2) is 35.8 Å². The fourth-order valence-electron chi connectivity index (χ4n) is 3.33. The van der Waals surface area contributed by atoms with Gasteiger partial charge in [-0.2, -0.15) is 0 Å². The maximum Gasteiger partial charge on any atom is 0.255 e. The van der Waals surface area contributed by atoms with E-state index in [1.165, 1.54) is 0 Å². The van der Waals surface area contributed by atoms with Crippen LogP contribution in [0.2, 0.25) is 0 Å². The number of piperidine rings is 2. The number of nitrogens with two attached hydrogens (primary N) is 1. The number of likely N-dealkylation sites (tertiary alicyclic amines) is 1. The Labute approximate surface area is 124 Å². The molecule has 3 N–H and O–H groups in total. The van der Waals surface area contributed by atoms with E-state index in [1.807, 2.05) is 24.0 Å². The second-order valence-electron chi connectivity index (χ2n) is 6.05. The number of nitrogen functional groups attached to an aromatic ring is 1. The van der Waals surface area contributed by atoms with Crippen molar-refractivity contribution in [3.05, 3.63) is 29.3 Å². The standard InChI is InChI=1S/C16H21N3O2/c1-10-3-2-4-12(15(10)17)16(21)19-8-7-13-11(9-19)5-6-14(20)18-13/h2-4,11,13H,5-9,17H2,1H3,(H,18,20). The number of nitrogens with zero attached hydrogens (tertiary/aromatic N) is 1. The van der Waals surface area contributed by atoms with Crippen LogP contribution in [0.1, 0.15) is 35.2 Å². The molecule has 2 unspecified atom stereocenters. The number of para-hydroxylation sites is 1. The Morgan fingerprint density at radius 3 is 3.00 bits per heavy atom. The van der Waals surface area contributed by atoms with Crippen LogP contribution in [0.3, 0.4) is 0 Å². The topological polar surface area (TPSA) is 75.4 Å². The Morgan fingerprint density at radius 1 is 1.38 bits per heavy atom. The van der Waals surface area contributed by atoms with Crippen molar-refractivity contribution in [3.63, 3.8) is 0 Å². The fourth-order valence-corrected chi connectivity index (χ4v) is 3.33. The lowest BCUT2D eigenvalue weighted by Crippen LogP contribution is -2.55. The molecular weight excluding hydrogens is 266 g/mol. The van der Waals surface area contributed by atoms with Crippen LogP contribution >= 0.6 is 0 Å². The molecule has 2 saturated heterocycles. The number of benzene rings is 1. The first kappa shape index (κ1) is 13.9. The van der Waals surface area contributed by atoms with E-state index in [2.05, 4.69) is 5.32 Å². The van der Waals surface area contributed by atoms with Crippen molar-refractivity contribution in [2.24, 2.45) is 5.92 Å². The lowest BCUT2D eigenvalue weighted by atomic mass is 9.85. The summed E-state index contributed by atoms with van der Waals surface area (Å²) in [4.78, 5) is 26.0. The molecule has 112 valence electrons. The van der Waals surface area contributed by atoms with Gasteiger partial charge in [-0.3, -0.25) is 9.59 Å². The highest BCUT2D eigenvalue weighted by molar-refractivity contribution is 5.99. The Kier molecular flexibility index (Phi) is 3.57. The largest absolute Gasteiger partial charge is 0.398 e. The van der Waals surface area contributed by atoms with Gasteiger partial charge in [-0.1, -0.05) is 12.1 Å². The number of carbonyl (C=O) groups is 2. The maximum absolute atomic E-state index is 12.7. The average Bonchev–Trinajstić information content (AvgIpc) is 2.49. The zero-order valence-corrected chi connectivity index (χ0v) is 12.3. The predicted octanol–water partition coefficient (Wildman–Crippen LogP) is 1.32. The molecule has 2 aliphatic rings. The van der Waals surface area contributed by atoms with E-state index in [9.17, 15) is 9.59 Å². The van der Waals surface area contributed by atoms with Crippen molar-refractivity contribution in [2.45, 2.75) is 32.2 Å². The van der Waals surface area contributed by atoms with Crippen molar-refractivity contribution in [1.29, 1.82) is 0 Å². The second-order valence-corrected chi connectivity index (χ2v) is 6.05. The van der Waals surface area contributed by atoms with Gasteiger partial charge in [0.1, 0.15) is 0 Å². The number of hydrogen-bond acceptors (Lipinski definition) is 3. The summed E-state index contributed by atoms with van der Waals surface area (Å²) in [6, 6.07) is 5.80. The number of amides is 2. The molecule has 0 spiro atoms. The zero-order valence-electron chi connectivity index (χ0n) is 12.3. The van der Waals surface area contributed by atoms with E-state index in [0.29, 0.717) is 36.7 Å². The van der Waals surface area contributed by atoms with Crippen molar-refractivity contribution in [1.82, 2.24) is 10.2 Å². The Bertz CT molecular complexity index is 585. The number of hydrogen-bond donors (Lipinski definition) is 2. The Hall–Kier alpha value is -2.04. The number of carbonyl (C=O) groups excluding carboxylic acids is 2. The summed E-state index contributed by atoms with van der Waals surface area (Å²) in [5, 5.41) is 3.04. The molecule has 0 radical (unpaired) electrons. The van der Waals surface area contributed by atoms with Gasteiger partial charge in [-0.05, 0) is 37.3 Å². The van der Waals surface area contributed by atoms with Crippen molar-refractivity contribution in [2.75, 3.05) is 18.8 Å². The SMILES string of the molecule is Cc1cccc(C(=O)N2CCC3NC(=O)CCC3C2)c1N. The molecule has 5 heteroatoms. The van der Waals surface area contributed by atoms with Crippen molar-refractivity contribution in [3.8, 4) is 0 Å².